The minimum atomic E-state index is -0.516. The van der Waals surface area contributed by atoms with Gasteiger partial charge in [0.15, 0.2) is 11.5 Å². The Morgan fingerprint density at radius 1 is 0.245 bits per heavy atom. The molecule has 1 aliphatic rings. The number of benzene rings is 9. The van der Waals surface area contributed by atoms with Gasteiger partial charge in [0, 0.05) is 39.9 Å². The van der Waals surface area contributed by atoms with Gasteiger partial charge in [-0.15, -0.1) is 0 Å². The quantitative estimate of drug-likeness (QED) is 0.149. The Hall–Kier alpha value is -13.5. The van der Waals surface area contributed by atoms with E-state index in [2.05, 4.69) is 34.9 Å². The van der Waals surface area contributed by atoms with Crippen LogP contribution >= 0.6 is 0 Å². The molecule has 0 unspecified atom stereocenters. The lowest BCUT2D eigenvalue weighted by atomic mass is 10.0. The van der Waals surface area contributed by atoms with E-state index in [0.29, 0.717) is 99.3 Å². The standard InChI is InChI=1S/C25H13N3O4.C25H14N2O4.C24H12N2O5/c29-24-16-9-3-5-11-19(16)27-22(31-24)18-13-26-21(15-8-2-1-7-14(15)18)23-28-20-12-6-4-10-17(20)25(30)32-23;28-24-16-9-3-5-11-20(16)26-22(30-24)18-13-19(15-8-2-1-7-14(15)18)23-27-21-12-6-4-10-17(21)25(29)31-23;27-23-15-9-3-5-11-17(15)25-21(30-23)19-13-7-1-2-8-14(13)20(29-19)22-26-18-12-6-4-10-16(18)24(28)31-22/h1-13H;1-12H,13H2;1-12H. The van der Waals surface area contributed by atoms with Crippen molar-refractivity contribution in [1.29, 1.82) is 0 Å². The van der Waals surface area contributed by atoms with Crippen molar-refractivity contribution in [3.63, 3.8) is 0 Å². The Labute approximate surface area is 523 Å². The second kappa shape index (κ2) is 22.8. The molecule has 0 spiro atoms. The van der Waals surface area contributed by atoms with Gasteiger partial charge >= 0.3 is 33.8 Å². The largest absolute Gasteiger partial charge is 0.445 e. The SMILES string of the molecule is O=c1oc(-c2cnc(-c3nc4ccccc4c(=O)o3)c3ccccc23)nc2ccccc12.O=c1oc(-c2oc(-c3nc4ccccc4c(=O)o3)c3ccccc23)nc2ccccc12.O=c1oc(C2=c3ccccc3=C(c3nc4ccccc4c(=O)o3)C2)nc2ccccc12. The van der Waals surface area contributed by atoms with Crippen LogP contribution in [0.3, 0.4) is 0 Å². The van der Waals surface area contributed by atoms with Crippen LogP contribution < -0.4 is 44.2 Å². The second-order valence-corrected chi connectivity index (χ2v) is 21.5. The van der Waals surface area contributed by atoms with Gasteiger partial charge < -0.3 is 30.9 Å². The molecular weight excluding hydrogens is 1190 g/mol. The first kappa shape index (κ1) is 55.8. The monoisotopic (exact) mass is 1230 g/mol. The zero-order chi connectivity index (χ0) is 63.6. The molecule has 0 N–H and O–H groups in total. The normalized spacial score (nSPS) is 12.0. The number of pyridine rings is 1. The van der Waals surface area contributed by atoms with Crippen LogP contribution in [0.1, 0.15) is 18.2 Å². The lowest BCUT2D eigenvalue weighted by molar-refractivity contribution is 0.467. The minimum Gasteiger partial charge on any atom is -0.445 e. The van der Waals surface area contributed by atoms with E-state index in [-0.39, 0.29) is 46.9 Å². The fraction of sp³-hybridized carbons (Fsp3) is 0.0135. The van der Waals surface area contributed by atoms with E-state index in [4.69, 9.17) is 30.9 Å². The Morgan fingerprint density at radius 2 is 0.511 bits per heavy atom. The molecule has 0 fully saturated rings. The zero-order valence-electron chi connectivity index (χ0n) is 48.5. The van der Waals surface area contributed by atoms with Gasteiger partial charge in [-0.2, -0.15) is 0 Å². The highest BCUT2D eigenvalue weighted by molar-refractivity contribution is 6.03. The van der Waals surface area contributed by atoms with Crippen molar-refractivity contribution in [2.45, 2.75) is 6.42 Å². The Morgan fingerprint density at radius 3 is 0.894 bits per heavy atom. The summed E-state index contributed by atoms with van der Waals surface area (Å²) in [6.45, 7) is 0. The van der Waals surface area contributed by atoms with Gasteiger partial charge in [0.1, 0.15) is 5.69 Å². The molecule has 0 saturated carbocycles. The van der Waals surface area contributed by atoms with Crippen molar-refractivity contribution >= 4 is 98.1 Å². The average Bonchev–Trinajstić information content (AvgIpc) is 1.33. The summed E-state index contributed by atoms with van der Waals surface area (Å²) < 4.78 is 39.1. The van der Waals surface area contributed by atoms with E-state index in [1.54, 1.807) is 134 Å². The molecule has 18 rings (SSSR count). The molecule has 17 aromatic rings. The highest BCUT2D eigenvalue weighted by Gasteiger charge is 2.26. The smallest absolute Gasteiger partial charge is 0.347 e. The maximum Gasteiger partial charge on any atom is 0.347 e. The fourth-order valence-electron chi connectivity index (χ4n) is 11.5. The third-order valence-electron chi connectivity index (χ3n) is 15.9. The van der Waals surface area contributed by atoms with Gasteiger partial charge in [0.2, 0.25) is 23.6 Å². The summed E-state index contributed by atoms with van der Waals surface area (Å²) in [6.07, 6.45) is 1.93. The topological polar surface area (TPSA) is 285 Å². The number of rotatable bonds is 6. The summed E-state index contributed by atoms with van der Waals surface area (Å²) >= 11 is 0. The third-order valence-corrected chi connectivity index (χ3v) is 15.9. The number of para-hydroxylation sites is 6. The maximum atomic E-state index is 12.5. The van der Waals surface area contributed by atoms with E-state index in [1.807, 2.05) is 91.0 Å². The Bertz CT molecular complexity index is 6160. The van der Waals surface area contributed by atoms with Crippen LogP contribution in [0, 0.1) is 0 Å². The molecular formula is C74H39N7O13. The van der Waals surface area contributed by atoms with E-state index in [1.165, 1.54) is 0 Å². The van der Waals surface area contributed by atoms with Crippen molar-refractivity contribution in [3.8, 4) is 46.3 Å². The first-order chi connectivity index (χ1) is 46.1. The zero-order valence-corrected chi connectivity index (χ0v) is 48.5. The van der Waals surface area contributed by atoms with Crippen LogP contribution in [0.25, 0.3) is 144 Å². The van der Waals surface area contributed by atoms with Crippen molar-refractivity contribution in [2.75, 3.05) is 0 Å². The van der Waals surface area contributed by atoms with Crippen molar-refractivity contribution in [3.05, 3.63) is 309 Å². The molecule has 0 saturated heterocycles. The summed E-state index contributed by atoms with van der Waals surface area (Å²) in [5.41, 5.74) is 2.80. The van der Waals surface area contributed by atoms with Gasteiger partial charge in [-0.05, 0) is 88.6 Å². The molecule has 9 aromatic carbocycles. The van der Waals surface area contributed by atoms with Crippen molar-refractivity contribution in [2.24, 2.45) is 0 Å². The molecule has 0 bridgehead atoms. The molecule has 0 amide bonds. The molecule has 0 radical (unpaired) electrons. The number of nitrogens with zero attached hydrogens (tertiary/aromatic N) is 7. The van der Waals surface area contributed by atoms with Crippen LogP contribution in [-0.4, -0.2) is 34.9 Å². The van der Waals surface area contributed by atoms with E-state index in [9.17, 15) is 28.8 Å². The summed E-state index contributed by atoms with van der Waals surface area (Å²) in [7, 11) is 0. The molecule has 1 aliphatic carbocycles. The van der Waals surface area contributed by atoms with Gasteiger partial charge in [0.25, 0.3) is 11.8 Å². The number of hydrogen-bond donors (Lipinski definition) is 0. The fourth-order valence-corrected chi connectivity index (χ4v) is 11.5. The maximum absolute atomic E-state index is 12.5. The molecule has 8 heterocycles. The lowest BCUT2D eigenvalue weighted by Crippen LogP contribution is -2.24. The first-order valence-electron chi connectivity index (χ1n) is 29.2. The van der Waals surface area contributed by atoms with Crippen LogP contribution in [0.5, 0.6) is 0 Å². The third kappa shape index (κ3) is 9.88. The van der Waals surface area contributed by atoms with Gasteiger partial charge in [-0.25, -0.2) is 63.7 Å². The summed E-state index contributed by atoms with van der Waals surface area (Å²) in [4.78, 5) is 106. The Kier molecular flexibility index (Phi) is 13.6. The van der Waals surface area contributed by atoms with Crippen LogP contribution in [0.15, 0.2) is 284 Å². The van der Waals surface area contributed by atoms with Gasteiger partial charge in [0.05, 0.1) is 71.0 Å². The van der Waals surface area contributed by atoms with Crippen molar-refractivity contribution < 1.29 is 30.9 Å². The number of fused-ring (bicyclic) bond motifs is 9. The highest BCUT2D eigenvalue weighted by Crippen LogP contribution is 2.39. The van der Waals surface area contributed by atoms with Crippen LogP contribution in [0.4, 0.5) is 0 Å². The first-order valence-corrected chi connectivity index (χ1v) is 29.2. The summed E-state index contributed by atoms with van der Waals surface area (Å²) in [6, 6.07) is 64.4. The van der Waals surface area contributed by atoms with Crippen LogP contribution in [0.2, 0.25) is 0 Å². The lowest BCUT2D eigenvalue weighted by Gasteiger charge is -2.09. The average molecular weight is 1230 g/mol. The molecule has 20 nitrogen and oxygen atoms in total. The van der Waals surface area contributed by atoms with Crippen molar-refractivity contribution in [1.82, 2.24) is 34.9 Å². The second-order valence-electron chi connectivity index (χ2n) is 21.5. The predicted octanol–water partition coefficient (Wildman–Crippen LogP) is 11.8. The summed E-state index contributed by atoms with van der Waals surface area (Å²) in [5.74, 6) is 1.38. The molecule has 94 heavy (non-hydrogen) atoms. The minimum absolute atomic E-state index is 0.0364. The van der Waals surface area contributed by atoms with Crippen LogP contribution in [-0.2, 0) is 0 Å². The predicted molar refractivity (Wildman–Crippen MR) is 351 cm³/mol. The molecule has 20 heteroatoms. The number of furan rings is 1. The van der Waals surface area contributed by atoms with Gasteiger partial charge in [-0.3, -0.25) is 0 Å². The molecule has 8 aromatic heterocycles. The van der Waals surface area contributed by atoms with E-state index < -0.39 is 33.8 Å². The van der Waals surface area contributed by atoms with E-state index >= 15 is 0 Å². The highest BCUT2D eigenvalue weighted by atomic mass is 16.4. The summed E-state index contributed by atoms with van der Waals surface area (Å²) in [5, 5.41) is 6.92. The molecule has 0 aliphatic heterocycles. The molecule has 0 atom stereocenters. The van der Waals surface area contributed by atoms with Gasteiger partial charge in [-0.1, -0.05) is 146 Å². The van der Waals surface area contributed by atoms with E-state index in [0.717, 1.165) is 27.0 Å². The number of aromatic nitrogens is 7. The molecule has 448 valence electrons. The number of hydrogen-bond acceptors (Lipinski definition) is 20. The Balaban J connectivity index is 0.000000112.